The minimum Gasteiger partial charge on any atom is -0.336 e. The Bertz CT molecular complexity index is 789. The molecule has 0 aliphatic heterocycles. The fourth-order valence-electron chi connectivity index (χ4n) is 2.96. The van der Waals surface area contributed by atoms with Crippen molar-refractivity contribution in [3.05, 3.63) is 65.2 Å². The fraction of sp³-hybridized carbons (Fsp3) is 0.364. The number of nitrogens with zero attached hydrogens (tertiary/aromatic N) is 1. The summed E-state index contributed by atoms with van der Waals surface area (Å²) in [5, 5.41) is 2.96. The van der Waals surface area contributed by atoms with Crippen LogP contribution < -0.4 is 10.2 Å². The monoisotopic (exact) mass is 368 g/mol. The minimum atomic E-state index is -0.303. The number of carbonyl (C=O) groups excluding carboxylic acids is 2. The van der Waals surface area contributed by atoms with Crippen LogP contribution in [-0.2, 0) is 16.1 Å². The molecule has 27 heavy (non-hydrogen) atoms. The van der Waals surface area contributed by atoms with Crippen LogP contribution in [0.25, 0.3) is 0 Å². The summed E-state index contributed by atoms with van der Waals surface area (Å²) in [5.41, 5.74) is 4.12. The predicted molar refractivity (Wildman–Crippen MR) is 109 cm³/mol. The molecule has 0 spiro atoms. The predicted octanol–water partition coefficient (Wildman–Crippen LogP) is 1.80. The Labute approximate surface area is 162 Å². The van der Waals surface area contributed by atoms with Gasteiger partial charge in [-0.3, -0.25) is 9.59 Å². The number of quaternary nitrogens is 1. The van der Waals surface area contributed by atoms with Crippen LogP contribution in [0.4, 0.5) is 5.69 Å². The molecule has 5 nitrogen and oxygen atoms in total. The van der Waals surface area contributed by atoms with Crippen molar-refractivity contribution in [3.8, 4) is 0 Å². The molecule has 0 saturated carbocycles. The SMILES string of the molecule is Cc1cccc(NC(=O)C[NH+](C)[C@H](C)C(=O)N(C)Cc2ccccc2)c1C. The Balaban J connectivity index is 1.91. The first kappa shape index (κ1) is 20.6. The standard InChI is InChI=1S/C22H29N3O2/c1-16-10-9-13-20(17(16)2)23-21(26)15-24(4)18(3)22(27)25(5)14-19-11-7-6-8-12-19/h6-13,18H,14-15H2,1-5H3,(H,23,26)/p+1/t18-/m1/s1. The van der Waals surface area contributed by atoms with E-state index in [0.29, 0.717) is 6.54 Å². The maximum absolute atomic E-state index is 12.7. The van der Waals surface area contributed by atoms with Gasteiger partial charge in [0.15, 0.2) is 12.6 Å². The van der Waals surface area contributed by atoms with Crippen LogP contribution in [0.1, 0.15) is 23.6 Å². The van der Waals surface area contributed by atoms with Crippen molar-refractivity contribution >= 4 is 17.5 Å². The second-order valence-corrected chi connectivity index (χ2v) is 7.22. The number of anilines is 1. The van der Waals surface area contributed by atoms with Crippen LogP contribution in [-0.4, -0.2) is 43.4 Å². The summed E-state index contributed by atoms with van der Waals surface area (Å²) in [6, 6.07) is 15.4. The third-order valence-corrected chi connectivity index (χ3v) is 5.07. The Kier molecular flexibility index (Phi) is 7.13. The summed E-state index contributed by atoms with van der Waals surface area (Å²) in [7, 11) is 3.68. The molecule has 2 aromatic carbocycles. The maximum Gasteiger partial charge on any atom is 0.280 e. The minimum absolute atomic E-state index is 0.0240. The molecule has 0 saturated heterocycles. The highest BCUT2D eigenvalue weighted by atomic mass is 16.2. The number of rotatable bonds is 7. The molecule has 0 heterocycles. The molecular formula is C22H30N3O2+. The summed E-state index contributed by atoms with van der Waals surface area (Å²) in [6.07, 6.45) is 0. The number of hydrogen-bond donors (Lipinski definition) is 2. The van der Waals surface area contributed by atoms with Crippen molar-refractivity contribution in [2.45, 2.75) is 33.4 Å². The molecule has 2 amide bonds. The molecule has 1 unspecified atom stereocenters. The van der Waals surface area contributed by atoms with E-state index in [1.54, 1.807) is 11.9 Å². The third kappa shape index (κ3) is 5.66. The van der Waals surface area contributed by atoms with Crippen LogP contribution >= 0.6 is 0 Å². The molecule has 2 aromatic rings. The first-order valence-electron chi connectivity index (χ1n) is 9.27. The van der Waals surface area contributed by atoms with E-state index in [4.69, 9.17) is 0 Å². The second kappa shape index (κ2) is 9.33. The van der Waals surface area contributed by atoms with E-state index in [1.165, 1.54) is 0 Å². The summed E-state index contributed by atoms with van der Waals surface area (Å²) in [6.45, 7) is 6.67. The number of carbonyl (C=O) groups is 2. The van der Waals surface area contributed by atoms with Crippen molar-refractivity contribution in [3.63, 3.8) is 0 Å². The number of likely N-dealkylation sites (N-methyl/N-ethyl adjacent to an activating group) is 2. The zero-order valence-corrected chi connectivity index (χ0v) is 16.9. The summed E-state index contributed by atoms with van der Waals surface area (Å²) < 4.78 is 0. The van der Waals surface area contributed by atoms with E-state index in [2.05, 4.69) is 5.32 Å². The highest BCUT2D eigenvalue weighted by Gasteiger charge is 2.26. The lowest BCUT2D eigenvalue weighted by atomic mass is 10.1. The summed E-state index contributed by atoms with van der Waals surface area (Å²) in [4.78, 5) is 27.7. The van der Waals surface area contributed by atoms with Gasteiger partial charge in [-0.15, -0.1) is 0 Å². The average Bonchev–Trinajstić information content (AvgIpc) is 2.65. The van der Waals surface area contributed by atoms with E-state index in [9.17, 15) is 9.59 Å². The topological polar surface area (TPSA) is 53.9 Å². The lowest BCUT2D eigenvalue weighted by molar-refractivity contribution is -0.886. The first-order chi connectivity index (χ1) is 12.8. The highest BCUT2D eigenvalue weighted by molar-refractivity contribution is 5.92. The molecule has 0 fully saturated rings. The maximum atomic E-state index is 12.7. The lowest BCUT2D eigenvalue weighted by Gasteiger charge is -2.25. The fourth-order valence-corrected chi connectivity index (χ4v) is 2.96. The van der Waals surface area contributed by atoms with E-state index in [-0.39, 0.29) is 24.4 Å². The second-order valence-electron chi connectivity index (χ2n) is 7.22. The van der Waals surface area contributed by atoms with Gasteiger partial charge in [0.2, 0.25) is 0 Å². The van der Waals surface area contributed by atoms with Crippen LogP contribution in [0.15, 0.2) is 48.5 Å². The number of aryl methyl sites for hydroxylation is 1. The Morgan fingerprint density at radius 2 is 1.74 bits per heavy atom. The van der Waals surface area contributed by atoms with Gasteiger partial charge < -0.3 is 15.1 Å². The normalized spacial score (nSPS) is 12.9. The van der Waals surface area contributed by atoms with Crippen LogP contribution in [0.5, 0.6) is 0 Å². The molecular weight excluding hydrogens is 338 g/mol. The van der Waals surface area contributed by atoms with Crippen molar-refractivity contribution in [2.75, 3.05) is 26.0 Å². The van der Waals surface area contributed by atoms with Gasteiger partial charge in [-0.1, -0.05) is 42.5 Å². The lowest BCUT2D eigenvalue weighted by Crippen LogP contribution is -3.15. The Morgan fingerprint density at radius 3 is 2.41 bits per heavy atom. The van der Waals surface area contributed by atoms with Crippen LogP contribution in [0.2, 0.25) is 0 Å². The first-order valence-corrected chi connectivity index (χ1v) is 9.27. The van der Waals surface area contributed by atoms with Gasteiger partial charge in [-0.2, -0.15) is 0 Å². The molecule has 0 bridgehead atoms. The molecule has 2 N–H and O–H groups in total. The Morgan fingerprint density at radius 1 is 1.07 bits per heavy atom. The van der Waals surface area contributed by atoms with E-state index < -0.39 is 0 Å². The zero-order valence-electron chi connectivity index (χ0n) is 16.9. The van der Waals surface area contributed by atoms with Gasteiger partial charge in [0.05, 0.1) is 7.05 Å². The smallest absolute Gasteiger partial charge is 0.280 e. The van der Waals surface area contributed by atoms with Crippen molar-refractivity contribution in [2.24, 2.45) is 0 Å². The molecule has 2 atom stereocenters. The molecule has 0 radical (unpaired) electrons. The number of nitrogens with one attached hydrogen (secondary N) is 2. The quantitative estimate of drug-likeness (QED) is 0.783. The van der Waals surface area contributed by atoms with Gasteiger partial charge in [0.25, 0.3) is 11.8 Å². The zero-order chi connectivity index (χ0) is 20.0. The Hall–Kier alpha value is -2.66. The molecule has 5 heteroatoms. The molecule has 0 aliphatic carbocycles. The third-order valence-electron chi connectivity index (χ3n) is 5.07. The van der Waals surface area contributed by atoms with E-state index in [1.807, 2.05) is 76.3 Å². The van der Waals surface area contributed by atoms with E-state index in [0.717, 1.165) is 27.3 Å². The van der Waals surface area contributed by atoms with Gasteiger partial charge in [-0.25, -0.2) is 0 Å². The van der Waals surface area contributed by atoms with Crippen LogP contribution in [0, 0.1) is 13.8 Å². The van der Waals surface area contributed by atoms with Gasteiger partial charge >= 0.3 is 0 Å². The van der Waals surface area contributed by atoms with Gasteiger partial charge in [0.1, 0.15) is 0 Å². The number of benzene rings is 2. The van der Waals surface area contributed by atoms with Crippen molar-refractivity contribution in [1.82, 2.24) is 4.90 Å². The molecule has 144 valence electrons. The molecule has 2 rings (SSSR count). The van der Waals surface area contributed by atoms with E-state index >= 15 is 0 Å². The molecule has 0 aliphatic rings. The summed E-state index contributed by atoms with van der Waals surface area (Å²) >= 11 is 0. The van der Waals surface area contributed by atoms with Gasteiger partial charge in [0, 0.05) is 19.3 Å². The molecule has 0 aromatic heterocycles. The average molecular weight is 369 g/mol. The highest BCUT2D eigenvalue weighted by Crippen LogP contribution is 2.17. The number of hydrogen-bond acceptors (Lipinski definition) is 2. The number of amides is 2. The van der Waals surface area contributed by atoms with Crippen molar-refractivity contribution in [1.29, 1.82) is 0 Å². The van der Waals surface area contributed by atoms with Crippen molar-refractivity contribution < 1.29 is 14.5 Å². The largest absolute Gasteiger partial charge is 0.336 e. The summed E-state index contributed by atoms with van der Waals surface area (Å²) in [5.74, 6) is -0.0672. The van der Waals surface area contributed by atoms with Gasteiger partial charge in [-0.05, 0) is 43.5 Å². The van der Waals surface area contributed by atoms with Crippen LogP contribution in [0.3, 0.4) is 0 Å².